The number of carboxylic acids is 1. The first-order valence-electron chi connectivity index (χ1n) is 6.88. The topological polar surface area (TPSA) is 168 Å². The number of amides is 2. The van der Waals surface area contributed by atoms with Crippen LogP contribution in [0.5, 0.6) is 0 Å². The van der Waals surface area contributed by atoms with Gasteiger partial charge in [-0.15, -0.1) is 0 Å². The Hall–Kier alpha value is -1.91. The van der Waals surface area contributed by atoms with Crippen LogP contribution in [0.3, 0.4) is 0 Å². The van der Waals surface area contributed by atoms with Crippen molar-refractivity contribution in [1.29, 1.82) is 0 Å². The lowest BCUT2D eigenvalue weighted by atomic mass is 9.89. The van der Waals surface area contributed by atoms with Gasteiger partial charge in [-0.05, 0) is 12.3 Å². The van der Waals surface area contributed by atoms with Gasteiger partial charge < -0.3 is 35.8 Å². The number of aliphatic carboxylic acids is 1. The first-order chi connectivity index (χ1) is 10.4. The SMILES string of the molecule is CC(O)C(OC(O)COC(=O)NCC(C)(C)CC(N)=O)C(=O)O. The monoisotopic (exact) mass is 336 g/mol. The van der Waals surface area contributed by atoms with Crippen LogP contribution in [0.2, 0.25) is 0 Å². The number of alkyl carbamates (subject to hydrolysis) is 1. The lowest BCUT2D eigenvalue weighted by Gasteiger charge is -2.23. The van der Waals surface area contributed by atoms with Crippen LogP contribution in [0.1, 0.15) is 27.2 Å². The molecule has 3 unspecified atom stereocenters. The van der Waals surface area contributed by atoms with Gasteiger partial charge in [-0.1, -0.05) is 13.8 Å². The molecule has 2 amide bonds. The van der Waals surface area contributed by atoms with Gasteiger partial charge in [-0.2, -0.15) is 0 Å². The van der Waals surface area contributed by atoms with Crippen molar-refractivity contribution >= 4 is 18.0 Å². The van der Waals surface area contributed by atoms with Crippen molar-refractivity contribution in [3.05, 3.63) is 0 Å². The van der Waals surface area contributed by atoms with E-state index in [1.54, 1.807) is 13.8 Å². The number of hydrogen-bond donors (Lipinski definition) is 5. The van der Waals surface area contributed by atoms with Crippen LogP contribution < -0.4 is 11.1 Å². The third kappa shape index (κ3) is 9.66. The first kappa shape index (κ1) is 21.1. The minimum Gasteiger partial charge on any atom is -0.479 e. The number of aliphatic hydroxyl groups is 2. The van der Waals surface area contributed by atoms with Crippen LogP contribution in [0.15, 0.2) is 0 Å². The fraction of sp³-hybridized carbons (Fsp3) is 0.769. The van der Waals surface area contributed by atoms with E-state index < -0.39 is 48.5 Å². The zero-order chi connectivity index (χ0) is 18.2. The van der Waals surface area contributed by atoms with Gasteiger partial charge in [0, 0.05) is 13.0 Å². The molecule has 0 aromatic heterocycles. The van der Waals surface area contributed by atoms with E-state index >= 15 is 0 Å². The normalized spacial score (nSPS) is 15.3. The molecule has 0 aromatic carbocycles. The highest BCUT2D eigenvalue weighted by Crippen LogP contribution is 2.18. The fourth-order valence-electron chi connectivity index (χ4n) is 1.63. The summed E-state index contributed by atoms with van der Waals surface area (Å²) in [5, 5.41) is 29.8. The van der Waals surface area contributed by atoms with Crippen molar-refractivity contribution in [2.24, 2.45) is 11.1 Å². The van der Waals surface area contributed by atoms with E-state index in [-0.39, 0.29) is 13.0 Å². The number of aliphatic hydroxyl groups excluding tert-OH is 2. The standard InChI is InChI=1S/C13H24N2O8/c1-7(16)10(11(19)20)23-9(18)5-22-12(21)15-6-13(2,3)4-8(14)17/h7,9-10,16,18H,4-6H2,1-3H3,(H2,14,17)(H,15,21)(H,19,20). The molecule has 0 bridgehead atoms. The Bertz CT molecular complexity index is 424. The van der Waals surface area contributed by atoms with E-state index in [9.17, 15) is 24.6 Å². The summed E-state index contributed by atoms with van der Waals surface area (Å²) in [4.78, 5) is 33.1. The molecule has 0 rings (SSSR count). The summed E-state index contributed by atoms with van der Waals surface area (Å²) >= 11 is 0. The van der Waals surface area contributed by atoms with E-state index in [1.165, 1.54) is 6.92 Å². The second-order valence-corrected chi connectivity index (χ2v) is 5.85. The van der Waals surface area contributed by atoms with Crippen molar-refractivity contribution in [2.45, 2.75) is 45.7 Å². The van der Waals surface area contributed by atoms with Crippen molar-refractivity contribution < 1.29 is 39.2 Å². The number of carbonyl (C=O) groups is 3. The number of carbonyl (C=O) groups excluding carboxylic acids is 2. The van der Waals surface area contributed by atoms with E-state index in [0.717, 1.165) is 0 Å². The van der Waals surface area contributed by atoms with Gasteiger partial charge in [0.25, 0.3) is 0 Å². The average Bonchev–Trinajstić information content (AvgIpc) is 2.38. The first-order valence-corrected chi connectivity index (χ1v) is 6.88. The number of ether oxygens (including phenoxy) is 2. The Morgan fingerprint density at radius 1 is 1.26 bits per heavy atom. The van der Waals surface area contributed by atoms with Crippen molar-refractivity contribution in [1.82, 2.24) is 5.32 Å². The van der Waals surface area contributed by atoms with E-state index in [4.69, 9.17) is 10.8 Å². The summed E-state index contributed by atoms with van der Waals surface area (Å²) in [6.07, 6.45) is -5.53. The third-order valence-corrected chi connectivity index (χ3v) is 2.71. The highest BCUT2D eigenvalue weighted by molar-refractivity contribution is 5.74. The van der Waals surface area contributed by atoms with Crippen LogP contribution >= 0.6 is 0 Å². The van der Waals surface area contributed by atoms with Gasteiger partial charge in [0.05, 0.1) is 6.10 Å². The number of carboxylic acid groups (broad SMARTS) is 1. The predicted octanol–water partition coefficient (Wildman–Crippen LogP) is -1.22. The Balaban J connectivity index is 4.18. The number of nitrogens with two attached hydrogens (primary N) is 1. The molecule has 3 atom stereocenters. The smallest absolute Gasteiger partial charge is 0.407 e. The van der Waals surface area contributed by atoms with Crippen LogP contribution in [-0.2, 0) is 19.1 Å². The molecule has 0 aliphatic carbocycles. The van der Waals surface area contributed by atoms with Crippen LogP contribution in [0.25, 0.3) is 0 Å². The van der Waals surface area contributed by atoms with Gasteiger partial charge in [0.2, 0.25) is 5.91 Å². The molecule has 0 saturated carbocycles. The van der Waals surface area contributed by atoms with Crippen molar-refractivity contribution in [3.63, 3.8) is 0 Å². The molecule has 0 heterocycles. The highest BCUT2D eigenvalue weighted by atomic mass is 16.7. The Kier molecular flexibility index (Phi) is 8.51. The van der Waals surface area contributed by atoms with Gasteiger partial charge in [0.1, 0.15) is 6.61 Å². The van der Waals surface area contributed by atoms with Gasteiger partial charge in [0.15, 0.2) is 12.4 Å². The summed E-state index contributed by atoms with van der Waals surface area (Å²) in [5.74, 6) is -1.97. The predicted molar refractivity (Wildman–Crippen MR) is 77.1 cm³/mol. The third-order valence-electron chi connectivity index (χ3n) is 2.71. The second-order valence-electron chi connectivity index (χ2n) is 5.85. The molecule has 0 spiro atoms. The van der Waals surface area contributed by atoms with E-state index in [0.29, 0.717) is 0 Å². The summed E-state index contributed by atoms with van der Waals surface area (Å²) in [6.45, 7) is 4.10. The summed E-state index contributed by atoms with van der Waals surface area (Å²) in [7, 11) is 0. The van der Waals surface area contributed by atoms with Crippen LogP contribution in [0, 0.1) is 5.41 Å². The maximum absolute atomic E-state index is 11.5. The largest absolute Gasteiger partial charge is 0.479 e. The van der Waals surface area contributed by atoms with Gasteiger partial charge in [-0.3, -0.25) is 4.79 Å². The molecule has 10 heteroatoms. The lowest BCUT2D eigenvalue weighted by Crippen LogP contribution is -2.41. The lowest BCUT2D eigenvalue weighted by molar-refractivity contribution is -0.196. The second kappa shape index (κ2) is 9.28. The number of nitrogens with one attached hydrogen (secondary N) is 1. The molecule has 134 valence electrons. The molecule has 0 aliphatic heterocycles. The van der Waals surface area contributed by atoms with Gasteiger partial charge in [-0.25, -0.2) is 9.59 Å². The minimum atomic E-state index is -1.71. The fourth-order valence-corrected chi connectivity index (χ4v) is 1.63. The summed E-state index contributed by atoms with van der Waals surface area (Å²) in [5.41, 5.74) is 4.51. The molecule has 0 aromatic rings. The molecule has 6 N–H and O–H groups in total. The van der Waals surface area contributed by atoms with Crippen molar-refractivity contribution in [3.8, 4) is 0 Å². The zero-order valence-corrected chi connectivity index (χ0v) is 13.3. The molecule has 0 saturated heterocycles. The molecule has 0 aliphatic rings. The maximum atomic E-state index is 11.5. The highest BCUT2D eigenvalue weighted by Gasteiger charge is 2.27. The molecule has 23 heavy (non-hydrogen) atoms. The van der Waals surface area contributed by atoms with E-state index in [2.05, 4.69) is 14.8 Å². The zero-order valence-electron chi connectivity index (χ0n) is 13.3. The van der Waals surface area contributed by atoms with Crippen molar-refractivity contribution in [2.75, 3.05) is 13.2 Å². The Morgan fingerprint density at radius 2 is 1.83 bits per heavy atom. The van der Waals surface area contributed by atoms with E-state index in [1.807, 2.05) is 0 Å². The average molecular weight is 336 g/mol. The maximum Gasteiger partial charge on any atom is 0.407 e. The van der Waals surface area contributed by atoms with Gasteiger partial charge >= 0.3 is 12.1 Å². The molecular weight excluding hydrogens is 312 g/mol. The Labute approximate surface area is 133 Å². The molecule has 0 radical (unpaired) electrons. The molecule has 0 fully saturated rings. The number of primary amides is 1. The van der Waals surface area contributed by atoms with Crippen LogP contribution in [-0.4, -0.2) is 64.9 Å². The van der Waals surface area contributed by atoms with Crippen LogP contribution in [0.4, 0.5) is 4.79 Å². The number of hydrogen-bond acceptors (Lipinski definition) is 7. The Morgan fingerprint density at radius 3 is 2.26 bits per heavy atom. The quantitative estimate of drug-likeness (QED) is 0.309. The number of rotatable bonds is 10. The molecule has 10 nitrogen and oxygen atoms in total. The summed E-state index contributed by atoms with van der Waals surface area (Å²) in [6, 6.07) is 0. The summed E-state index contributed by atoms with van der Waals surface area (Å²) < 4.78 is 9.31. The minimum absolute atomic E-state index is 0.0632. The molecular formula is C13H24N2O8.